The van der Waals surface area contributed by atoms with Crippen LogP contribution in [0.5, 0.6) is 0 Å². The highest BCUT2D eigenvalue weighted by Gasteiger charge is 2.35. The molecule has 2 aromatic carbocycles. The van der Waals surface area contributed by atoms with Gasteiger partial charge < -0.3 is 5.73 Å². The fourth-order valence-corrected chi connectivity index (χ4v) is 5.46. The average molecular weight is 371 g/mol. The molecule has 1 saturated carbocycles. The molecule has 0 bridgehead atoms. The zero-order valence-electron chi connectivity index (χ0n) is 17.4. The number of hydrogen-bond acceptors (Lipinski definition) is 1. The van der Waals surface area contributed by atoms with Gasteiger partial charge in [0.05, 0.1) is 0 Å². The molecule has 1 nitrogen and oxygen atoms in total. The smallest absolute Gasteiger partial charge is 0.113 e. The molecule has 0 aromatic heterocycles. The molecule has 2 aliphatic rings. The summed E-state index contributed by atoms with van der Waals surface area (Å²) in [5, 5.41) is 0. The van der Waals surface area contributed by atoms with Crippen LogP contribution in [0.4, 0.5) is 0 Å². The molecule has 2 N–H and O–H groups in total. The molecule has 2 heteroatoms. The molecule has 2 aromatic rings. The molecule has 28 heavy (non-hydrogen) atoms. The van der Waals surface area contributed by atoms with Gasteiger partial charge in [-0.2, -0.15) is 0 Å². The van der Waals surface area contributed by atoms with Crippen molar-refractivity contribution in [3.63, 3.8) is 0 Å². The monoisotopic (exact) mass is 371 g/mol. The Hall–Kier alpha value is -1.54. The minimum atomic E-state index is 0.0785. The van der Waals surface area contributed by atoms with Gasteiger partial charge in [-0.05, 0) is 98.3 Å². The maximum atomic E-state index is 6.53. The van der Waals surface area contributed by atoms with E-state index in [1.54, 1.807) is 16.7 Å². The van der Waals surface area contributed by atoms with E-state index in [0.29, 0.717) is 5.92 Å². The Morgan fingerprint density at radius 1 is 1.11 bits per heavy atom. The summed E-state index contributed by atoms with van der Waals surface area (Å²) in [5.74, 6) is 1.51. The molecule has 0 amide bonds. The highest BCUT2D eigenvalue weighted by atomic mass is 14.8. The molecule has 2 aliphatic carbocycles. The Morgan fingerprint density at radius 2 is 2.00 bits per heavy atom. The first-order valence-corrected chi connectivity index (χ1v) is 11.3. The van der Waals surface area contributed by atoms with E-state index in [-0.39, 0.29) is 5.54 Å². The number of nitrogens with two attached hydrogens (primary N) is 1. The zero-order valence-corrected chi connectivity index (χ0v) is 17.4. The van der Waals surface area contributed by atoms with Gasteiger partial charge in [-0.15, -0.1) is 0 Å². The SMILES string of the molecule is [B]c1cccc(CCCC2CCc3cc([C@@H]4CC[C@](N)(CC)C4)ccc3C2)c1. The fraction of sp³-hybridized carbons (Fsp3) is 0.538. The topological polar surface area (TPSA) is 26.0 Å². The van der Waals surface area contributed by atoms with Crippen molar-refractivity contribution in [1.29, 1.82) is 0 Å². The first kappa shape index (κ1) is 19.8. The van der Waals surface area contributed by atoms with Crippen molar-refractivity contribution in [2.75, 3.05) is 0 Å². The zero-order chi connectivity index (χ0) is 19.6. The first-order valence-electron chi connectivity index (χ1n) is 11.3. The summed E-state index contributed by atoms with van der Waals surface area (Å²) in [7, 11) is 5.90. The van der Waals surface area contributed by atoms with Crippen molar-refractivity contribution in [2.45, 2.75) is 82.6 Å². The number of benzene rings is 2. The lowest BCUT2D eigenvalue weighted by atomic mass is 9.79. The number of aryl methyl sites for hydroxylation is 2. The molecule has 4 rings (SSSR count). The van der Waals surface area contributed by atoms with Gasteiger partial charge in [0.25, 0.3) is 0 Å². The fourth-order valence-electron chi connectivity index (χ4n) is 5.46. The first-order chi connectivity index (χ1) is 13.5. The lowest BCUT2D eigenvalue weighted by Crippen LogP contribution is -2.35. The summed E-state index contributed by atoms with van der Waals surface area (Å²) >= 11 is 0. The van der Waals surface area contributed by atoms with Gasteiger partial charge in [-0.3, -0.25) is 0 Å². The van der Waals surface area contributed by atoms with Crippen LogP contribution in [0.15, 0.2) is 42.5 Å². The summed E-state index contributed by atoms with van der Waals surface area (Å²) in [5.41, 5.74) is 13.6. The van der Waals surface area contributed by atoms with Crippen molar-refractivity contribution < 1.29 is 0 Å². The third kappa shape index (κ3) is 4.54. The van der Waals surface area contributed by atoms with Gasteiger partial charge in [0, 0.05) is 5.54 Å². The summed E-state index contributed by atoms with van der Waals surface area (Å²) in [4.78, 5) is 0. The normalized spacial score (nSPS) is 26.9. The number of fused-ring (bicyclic) bond motifs is 1. The van der Waals surface area contributed by atoms with Gasteiger partial charge in [0.15, 0.2) is 0 Å². The largest absolute Gasteiger partial charge is 0.325 e. The Bertz CT molecular complexity index is 814. The molecule has 0 saturated heterocycles. The highest BCUT2D eigenvalue weighted by Crippen LogP contribution is 2.42. The second-order valence-electron chi connectivity index (χ2n) is 9.43. The van der Waals surface area contributed by atoms with E-state index in [1.807, 2.05) is 6.07 Å². The van der Waals surface area contributed by atoms with Gasteiger partial charge in [-0.1, -0.05) is 54.9 Å². The average Bonchev–Trinajstić information content (AvgIpc) is 3.10. The molecule has 0 aliphatic heterocycles. The third-order valence-corrected chi connectivity index (χ3v) is 7.41. The summed E-state index contributed by atoms with van der Waals surface area (Å²) < 4.78 is 0. The van der Waals surface area contributed by atoms with Crippen LogP contribution in [0.2, 0.25) is 0 Å². The van der Waals surface area contributed by atoms with Crippen molar-refractivity contribution in [1.82, 2.24) is 0 Å². The van der Waals surface area contributed by atoms with Gasteiger partial charge in [0.2, 0.25) is 0 Å². The Kier molecular flexibility index (Phi) is 5.97. The molecule has 1 fully saturated rings. The van der Waals surface area contributed by atoms with E-state index in [4.69, 9.17) is 13.6 Å². The van der Waals surface area contributed by atoms with Crippen molar-refractivity contribution in [3.8, 4) is 0 Å². The second kappa shape index (κ2) is 8.45. The maximum absolute atomic E-state index is 6.53. The van der Waals surface area contributed by atoms with Crippen molar-refractivity contribution in [3.05, 3.63) is 64.7 Å². The van der Waals surface area contributed by atoms with Crippen molar-refractivity contribution in [2.24, 2.45) is 11.7 Å². The number of hydrogen-bond donors (Lipinski definition) is 1. The molecule has 3 atom stereocenters. The van der Waals surface area contributed by atoms with Gasteiger partial charge >= 0.3 is 0 Å². The quantitative estimate of drug-likeness (QED) is 0.712. The molecule has 0 spiro atoms. The maximum Gasteiger partial charge on any atom is 0.113 e. The van der Waals surface area contributed by atoms with E-state index >= 15 is 0 Å². The van der Waals surface area contributed by atoms with Gasteiger partial charge in [0.1, 0.15) is 7.85 Å². The Balaban J connectivity index is 1.32. The molecule has 1 unspecified atom stereocenters. The van der Waals surface area contributed by atoms with Crippen LogP contribution >= 0.6 is 0 Å². The van der Waals surface area contributed by atoms with Crippen LogP contribution in [-0.2, 0) is 19.3 Å². The predicted molar refractivity (Wildman–Crippen MR) is 121 cm³/mol. The van der Waals surface area contributed by atoms with E-state index in [2.05, 4.69) is 43.3 Å². The summed E-state index contributed by atoms with van der Waals surface area (Å²) in [6.45, 7) is 2.24. The summed E-state index contributed by atoms with van der Waals surface area (Å²) in [6, 6.07) is 15.7. The minimum absolute atomic E-state index is 0.0785. The molecule has 2 radical (unpaired) electrons. The molecular formula is C26H34BN. The van der Waals surface area contributed by atoms with Crippen LogP contribution in [0.1, 0.15) is 80.0 Å². The minimum Gasteiger partial charge on any atom is -0.325 e. The van der Waals surface area contributed by atoms with E-state index in [9.17, 15) is 0 Å². The lowest BCUT2D eigenvalue weighted by Gasteiger charge is -2.26. The van der Waals surface area contributed by atoms with Crippen LogP contribution < -0.4 is 11.2 Å². The highest BCUT2D eigenvalue weighted by molar-refractivity contribution is 6.32. The van der Waals surface area contributed by atoms with E-state index in [1.165, 1.54) is 50.5 Å². The predicted octanol–water partition coefficient (Wildman–Crippen LogP) is 4.98. The third-order valence-electron chi connectivity index (χ3n) is 7.41. The lowest BCUT2D eigenvalue weighted by molar-refractivity contribution is 0.413. The number of rotatable bonds is 6. The second-order valence-corrected chi connectivity index (χ2v) is 9.43. The standard InChI is InChI=1S/C26H34BN/c1-2-26(28)14-13-24(18-26)23-12-11-21-15-20(9-10-22(21)17-23)6-3-5-19-7-4-8-25(27)16-19/h4,7-8,11-12,16-17,20,24H,2-3,5-6,9-10,13-15,18,28H2,1H3/t20?,24-,26-/m1/s1. The van der Waals surface area contributed by atoms with Gasteiger partial charge in [-0.25, -0.2) is 0 Å². The van der Waals surface area contributed by atoms with Crippen LogP contribution in [0.25, 0.3) is 0 Å². The Labute approximate surface area is 172 Å². The van der Waals surface area contributed by atoms with Crippen molar-refractivity contribution >= 4 is 13.3 Å². The van der Waals surface area contributed by atoms with E-state index < -0.39 is 0 Å². The van der Waals surface area contributed by atoms with Crippen LogP contribution in [0, 0.1) is 5.92 Å². The van der Waals surface area contributed by atoms with Crippen LogP contribution in [-0.4, -0.2) is 13.4 Å². The van der Waals surface area contributed by atoms with E-state index in [0.717, 1.165) is 30.6 Å². The molecule has 146 valence electrons. The molecule has 0 heterocycles. The van der Waals surface area contributed by atoms with Crippen LogP contribution in [0.3, 0.4) is 0 Å². The Morgan fingerprint density at radius 3 is 2.79 bits per heavy atom. The summed E-state index contributed by atoms with van der Waals surface area (Å²) in [6.07, 6.45) is 12.3. The molecular weight excluding hydrogens is 337 g/mol.